The Balaban J connectivity index is 3.10. The van der Waals surface area contributed by atoms with E-state index in [0.717, 1.165) is 6.92 Å². The number of aryl methyl sites for hydroxylation is 1. The van der Waals surface area contributed by atoms with Gasteiger partial charge >= 0.3 is 5.97 Å². The number of benzene rings is 1. The number of carboxylic acids is 1. The van der Waals surface area contributed by atoms with E-state index in [1.165, 1.54) is 19.2 Å². The topological polar surface area (TPSA) is 113 Å². The molecule has 0 aliphatic rings. The predicted molar refractivity (Wildman–Crippen MR) is 76.2 cm³/mol. The first kappa shape index (κ1) is 17.7. The molecule has 118 valence electrons. The lowest BCUT2D eigenvalue weighted by molar-refractivity contribution is -0.155. The third kappa shape index (κ3) is 4.07. The number of carboxylic acid groups (broad SMARTS) is 1. The second-order valence-corrected chi connectivity index (χ2v) is 6.80. The maximum atomic E-state index is 12.2. The molecule has 0 spiro atoms. The van der Waals surface area contributed by atoms with Gasteiger partial charge in [-0.1, -0.05) is 11.6 Å². The maximum Gasteiger partial charge on any atom is 0.336 e. The fourth-order valence-corrected chi connectivity index (χ4v) is 3.16. The Morgan fingerprint density at radius 1 is 1.48 bits per heavy atom. The number of methoxy groups -OCH3 is 1. The van der Waals surface area contributed by atoms with E-state index in [9.17, 15) is 18.3 Å². The van der Waals surface area contributed by atoms with Crippen LogP contribution in [0.15, 0.2) is 17.0 Å². The van der Waals surface area contributed by atoms with Crippen molar-refractivity contribution in [1.82, 2.24) is 4.72 Å². The van der Waals surface area contributed by atoms with Gasteiger partial charge in [-0.15, -0.1) is 0 Å². The number of aliphatic hydroxyl groups is 1. The van der Waals surface area contributed by atoms with Crippen molar-refractivity contribution >= 4 is 27.6 Å². The van der Waals surface area contributed by atoms with Gasteiger partial charge in [-0.2, -0.15) is 0 Å². The van der Waals surface area contributed by atoms with Crippen molar-refractivity contribution in [2.24, 2.45) is 0 Å². The monoisotopic (exact) mass is 337 g/mol. The van der Waals surface area contributed by atoms with Crippen molar-refractivity contribution in [2.75, 3.05) is 13.7 Å². The highest BCUT2D eigenvalue weighted by Crippen LogP contribution is 2.30. The molecule has 0 aromatic heterocycles. The number of carbonyl (C=O) groups is 1. The van der Waals surface area contributed by atoms with Crippen LogP contribution in [0.1, 0.15) is 12.5 Å². The van der Waals surface area contributed by atoms with Crippen molar-refractivity contribution in [2.45, 2.75) is 24.3 Å². The Bertz CT molecular complexity index is 656. The zero-order chi connectivity index (χ0) is 16.4. The maximum absolute atomic E-state index is 12.2. The average Bonchev–Trinajstić information content (AvgIpc) is 2.38. The molecule has 0 aliphatic heterocycles. The Morgan fingerprint density at radius 3 is 2.52 bits per heavy atom. The molecule has 0 aliphatic carbocycles. The van der Waals surface area contributed by atoms with Crippen LogP contribution in [0.4, 0.5) is 0 Å². The first-order valence-electron chi connectivity index (χ1n) is 5.81. The normalized spacial score (nSPS) is 14.5. The number of ether oxygens (including phenoxy) is 1. The highest BCUT2D eigenvalue weighted by Gasteiger charge is 2.32. The Labute approximate surface area is 127 Å². The predicted octanol–water partition coefficient (Wildman–Crippen LogP) is 0.771. The number of rotatable bonds is 6. The summed E-state index contributed by atoms with van der Waals surface area (Å²) in [6.45, 7) is 1.86. The summed E-state index contributed by atoms with van der Waals surface area (Å²) in [5, 5.41) is 18.4. The molecule has 0 bridgehead atoms. The fourth-order valence-electron chi connectivity index (χ4n) is 1.47. The van der Waals surface area contributed by atoms with Gasteiger partial charge in [-0.05, 0) is 31.5 Å². The van der Waals surface area contributed by atoms with Crippen molar-refractivity contribution in [3.63, 3.8) is 0 Å². The van der Waals surface area contributed by atoms with Crippen LogP contribution in [0.25, 0.3) is 0 Å². The zero-order valence-electron chi connectivity index (χ0n) is 11.7. The number of halogens is 1. The summed E-state index contributed by atoms with van der Waals surface area (Å²) in [6.07, 6.45) is 0. The third-order valence-electron chi connectivity index (χ3n) is 2.81. The molecule has 0 saturated heterocycles. The van der Waals surface area contributed by atoms with Gasteiger partial charge in [0.1, 0.15) is 5.75 Å². The minimum absolute atomic E-state index is 0.105. The highest BCUT2D eigenvalue weighted by molar-refractivity contribution is 7.89. The molecule has 0 saturated carbocycles. The first-order valence-corrected chi connectivity index (χ1v) is 7.67. The van der Waals surface area contributed by atoms with E-state index < -0.39 is 28.1 Å². The van der Waals surface area contributed by atoms with Crippen LogP contribution < -0.4 is 9.46 Å². The van der Waals surface area contributed by atoms with Crippen LogP contribution in [0.3, 0.4) is 0 Å². The molecule has 1 aromatic carbocycles. The number of aliphatic carboxylic acids is 1. The summed E-state index contributed by atoms with van der Waals surface area (Å²) < 4.78 is 31.3. The molecule has 3 N–H and O–H groups in total. The van der Waals surface area contributed by atoms with Gasteiger partial charge in [-0.3, -0.25) is 0 Å². The Morgan fingerprint density at radius 2 is 2.05 bits per heavy atom. The molecule has 1 rings (SSSR count). The van der Waals surface area contributed by atoms with Crippen molar-refractivity contribution in [3.05, 3.63) is 22.7 Å². The van der Waals surface area contributed by atoms with Crippen LogP contribution in [-0.4, -0.2) is 43.9 Å². The highest BCUT2D eigenvalue weighted by atomic mass is 35.5. The average molecular weight is 338 g/mol. The Hall–Kier alpha value is -1.35. The van der Waals surface area contributed by atoms with E-state index in [-0.39, 0.29) is 9.92 Å². The van der Waals surface area contributed by atoms with E-state index in [2.05, 4.69) is 0 Å². The number of hydrogen-bond acceptors (Lipinski definition) is 5. The molecule has 0 heterocycles. The van der Waals surface area contributed by atoms with Crippen molar-refractivity contribution in [1.29, 1.82) is 0 Å². The largest absolute Gasteiger partial charge is 0.495 e. The SMILES string of the molecule is COc1cc(C)c(S(=O)(=O)NCC(C)(O)C(=O)O)cc1Cl. The molecule has 7 nitrogen and oxygen atoms in total. The summed E-state index contributed by atoms with van der Waals surface area (Å²) in [5.74, 6) is -1.21. The summed E-state index contributed by atoms with van der Waals surface area (Å²) in [6, 6.07) is 2.65. The molecule has 21 heavy (non-hydrogen) atoms. The molecular weight excluding hydrogens is 322 g/mol. The van der Waals surface area contributed by atoms with Gasteiger partial charge < -0.3 is 14.9 Å². The van der Waals surface area contributed by atoms with E-state index in [4.69, 9.17) is 21.4 Å². The van der Waals surface area contributed by atoms with Crippen LogP contribution in [0.2, 0.25) is 5.02 Å². The van der Waals surface area contributed by atoms with Crippen LogP contribution in [0.5, 0.6) is 5.75 Å². The zero-order valence-corrected chi connectivity index (χ0v) is 13.2. The molecule has 1 unspecified atom stereocenters. The molecule has 1 atom stereocenters. The van der Waals surface area contributed by atoms with Crippen molar-refractivity contribution in [3.8, 4) is 5.75 Å². The second-order valence-electron chi connectivity index (χ2n) is 4.66. The lowest BCUT2D eigenvalue weighted by Gasteiger charge is -2.19. The lowest BCUT2D eigenvalue weighted by atomic mass is 10.1. The van der Waals surface area contributed by atoms with Crippen LogP contribution >= 0.6 is 11.6 Å². The quantitative estimate of drug-likeness (QED) is 0.706. The molecule has 9 heteroatoms. The molecular formula is C12H16ClNO6S. The summed E-state index contributed by atoms with van der Waals surface area (Å²) in [7, 11) is -2.62. The summed E-state index contributed by atoms with van der Waals surface area (Å²) >= 11 is 5.89. The standard InChI is InChI=1S/C12H16ClNO6S/c1-7-4-9(20-3)8(13)5-10(7)21(18,19)14-6-12(2,17)11(15)16/h4-5,14,17H,6H2,1-3H3,(H,15,16). The van der Waals surface area contributed by atoms with E-state index in [0.29, 0.717) is 11.3 Å². The smallest absolute Gasteiger partial charge is 0.336 e. The molecule has 1 aromatic rings. The van der Waals surface area contributed by atoms with Gasteiger partial charge in [0.25, 0.3) is 0 Å². The minimum atomic E-state index is -4.02. The molecule has 0 fully saturated rings. The van der Waals surface area contributed by atoms with E-state index in [1.807, 2.05) is 4.72 Å². The van der Waals surface area contributed by atoms with Gasteiger partial charge in [0.15, 0.2) is 5.60 Å². The van der Waals surface area contributed by atoms with E-state index >= 15 is 0 Å². The number of nitrogens with one attached hydrogen (secondary N) is 1. The van der Waals surface area contributed by atoms with Gasteiger partial charge in [0.05, 0.1) is 23.6 Å². The summed E-state index contributed by atoms with van der Waals surface area (Å²) in [4.78, 5) is 10.6. The molecule has 0 radical (unpaired) electrons. The van der Waals surface area contributed by atoms with Crippen LogP contribution in [0, 0.1) is 6.92 Å². The van der Waals surface area contributed by atoms with Gasteiger partial charge in [0, 0.05) is 0 Å². The fraction of sp³-hybridized carbons (Fsp3) is 0.417. The number of sulfonamides is 1. The third-order valence-corrected chi connectivity index (χ3v) is 4.64. The number of hydrogen-bond donors (Lipinski definition) is 3. The Kier molecular flexibility index (Phi) is 5.21. The van der Waals surface area contributed by atoms with Gasteiger partial charge in [0.2, 0.25) is 10.0 Å². The molecule has 0 amide bonds. The van der Waals surface area contributed by atoms with Crippen LogP contribution in [-0.2, 0) is 14.8 Å². The van der Waals surface area contributed by atoms with Crippen molar-refractivity contribution < 1.29 is 28.2 Å². The summed E-state index contributed by atoms with van der Waals surface area (Å²) in [5.41, 5.74) is -1.84. The minimum Gasteiger partial charge on any atom is -0.495 e. The lowest BCUT2D eigenvalue weighted by Crippen LogP contribution is -2.46. The van der Waals surface area contributed by atoms with E-state index in [1.54, 1.807) is 6.92 Å². The first-order chi connectivity index (χ1) is 9.51. The second kappa shape index (κ2) is 6.18. The van der Waals surface area contributed by atoms with Gasteiger partial charge in [-0.25, -0.2) is 17.9 Å².